The van der Waals surface area contributed by atoms with E-state index in [1.165, 1.54) is 6.07 Å². The highest BCUT2D eigenvalue weighted by Crippen LogP contribution is 2.30. The summed E-state index contributed by atoms with van der Waals surface area (Å²) in [5.74, 6) is -0.164. The molecule has 1 heterocycles. The summed E-state index contributed by atoms with van der Waals surface area (Å²) in [5.41, 5.74) is 0.675. The molecule has 18 heavy (non-hydrogen) atoms. The summed E-state index contributed by atoms with van der Waals surface area (Å²) in [6.45, 7) is 3.91. The van der Waals surface area contributed by atoms with Crippen LogP contribution in [0.5, 0.6) is 0 Å². The van der Waals surface area contributed by atoms with Crippen LogP contribution in [0.2, 0.25) is 0 Å². The summed E-state index contributed by atoms with van der Waals surface area (Å²) in [6, 6.07) is 10.9. The third-order valence-electron chi connectivity index (χ3n) is 2.56. The van der Waals surface area contributed by atoms with Crippen LogP contribution in [0.15, 0.2) is 42.5 Å². The Kier molecular flexibility index (Phi) is 4.67. The molecule has 0 saturated heterocycles. The third kappa shape index (κ3) is 3.28. The molecule has 0 unspecified atom stereocenters. The summed E-state index contributed by atoms with van der Waals surface area (Å²) in [6.07, 6.45) is 4.15. The second-order valence-electron chi connectivity index (χ2n) is 3.89. The molecule has 94 valence electrons. The fourth-order valence-corrected chi connectivity index (χ4v) is 2.62. The second-order valence-corrected chi connectivity index (χ2v) is 5.01. The lowest BCUT2D eigenvalue weighted by Crippen LogP contribution is -2.11. The summed E-state index contributed by atoms with van der Waals surface area (Å²) >= 11 is 1.60. The first-order chi connectivity index (χ1) is 8.81. The van der Waals surface area contributed by atoms with E-state index in [-0.39, 0.29) is 5.82 Å². The zero-order valence-electron chi connectivity index (χ0n) is 10.3. The van der Waals surface area contributed by atoms with Crippen LogP contribution >= 0.6 is 11.3 Å². The summed E-state index contributed by atoms with van der Waals surface area (Å²) < 4.78 is 13.6. The maximum atomic E-state index is 13.6. The molecule has 0 saturated carbocycles. The number of thiophene rings is 1. The predicted molar refractivity (Wildman–Crippen MR) is 77.3 cm³/mol. The zero-order chi connectivity index (χ0) is 12.8. The van der Waals surface area contributed by atoms with Gasteiger partial charge in [0, 0.05) is 21.9 Å². The Bertz CT molecular complexity index is 531. The smallest absolute Gasteiger partial charge is 0.131 e. The number of hydrogen-bond donors (Lipinski definition) is 1. The quantitative estimate of drug-likeness (QED) is 0.796. The van der Waals surface area contributed by atoms with E-state index in [0.29, 0.717) is 5.56 Å². The van der Waals surface area contributed by atoms with Gasteiger partial charge in [0.15, 0.2) is 0 Å². The molecule has 0 atom stereocenters. The molecule has 1 aromatic heterocycles. The number of nitrogens with one attached hydrogen (secondary N) is 1. The van der Waals surface area contributed by atoms with E-state index >= 15 is 0 Å². The van der Waals surface area contributed by atoms with Crippen LogP contribution in [-0.2, 0) is 0 Å². The molecule has 0 fully saturated rings. The highest BCUT2D eigenvalue weighted by molar-refractivity contribution is 7.16. The molecular formula is C15H16FNS. The van der Waals surface area contributed by atoms with Crippen molar-refractivity contribution in [2.45, 2.75) is 6.92 Å². The lowest BCUT2D eigenvalue weighted by molar-refractivity contribution is 0.631. The van der Waals surface area contributed by atoms with Crippen molar-refractivity contribution in [1.82, 2.24) is 5.32 Å². The normalized spacial score (nSPS) is 11.2. The van der Waals surface area contributed by atoms with E-state index < -0.39 is 0 Å². The third-order valence-corrected chi connectivity index (χ3v) is 3.64. The summed E-state index contributed by atoms with van der Waals surface area (Å²) in [5, 5.41) is 3.22. The number of benzene rings is 1. The summed E-state index contributed by atoms with van der Waals surface area (Å²) in [4.78, 5) is 2.11. The Morgan fingerprint density at radius 2 is 2.06 bits per heavy atom. The Hall–Kier alpha value is -1.45. The molecule has 1 aromatic carbocycles. The van der Waals surface area contributed by atoms with Gasteiger partial charge < -0.3 is 5.32 Å². The minimum absolute atomic E-state index is 0.164. The monoisotopic (exact) mass is 261 g/mol. The van der Waals surface area contributed by atoms with Crippen molar-refractivity contribution in [3.8, 4) is 10.4 Å². The number of likely N-dealkylation sites (N-methyl/N-ethyl adjacent to an activating group) is 1. The average Bonchev–Trinajstić information content (AvgIpc) is 2.84. The molecule has 0 spiro atoms. The lowest BCUT2D eigenvalue weighted by Gasteiger charge is -1.97. The highest BCUT2D eigenvalue weighted by Gasteiger charge is 2.05. The van der Waals surface area contributed by atoms with Crippen molar-refractivity contribution >= 4 is 17.4 Å². The van der Waals surface area contributed by atoms with Gasteiger partial charge in [-0.1, -0.05) is 31.2 Å². The van der Waals surface area contributed by atoms with Crippen LogP contribution < -0.4 is 5.32 Å². The molecule has 0 aliphatic heterocycles. The molecule has 3 heteroatoms. The molecular weight excluding hydrogens is 245 g/mol. The van der Waals surface area contributed by atoms with Crippen LogP contribution in [-0.4, -0.2) is 13.1 Å². The van der Waals surface area contributed by atoms with Crippen molar-refractivity contribution in [2.75, 3.05) is 13.1 Å². The van der Waals surface area contributed by atoms with Crippen LogP contribution in [0.1, 0.15) is 11.8 Å². The Balaban J connectivity index is 2.11. The molecule has 0 amide bonds. The van der Waals surface area contributed by atoms with Gasteiger partial charge in [0.05, 0.1) is 0 Å². The first-order valence-electron chi connectivity index (χ1n) is 6.03. The van der Waals surface area contributed by atoms with Gasteiger partial charge in [-0.15, -0.1) is 11.3 Å². The van der Waals surface area contributed by atoms with Crippen molar-refractivity contribution in [1.29, 1.82) is 0 Å². The molecule has 1 nitrogen and oxygen atoms in total. The molecule has 2 aromatic rings. The minimum atomic E-state index is -0.164. The second kappa shape index (κ2) is 6.47. The topological polar surface area (TPSA) is 12.0 Å². The van der Waals surface area contributed by atoms with Crippen LogP contribution in [0.25, 0.3) is 16.5 Å². The van der Waals surface area contributed by atoms with Crippen LogP contribution in [0, 0.1) is 5.82 Å². The average molecular weight is 261 g/mol. The fourth-order valence-electron chi connectivity index (χ4n) is 1.65. The zero-order valence-corrected chi connectivity index (χ0v) is 11.1. The van der Waals surface area contributed by atoms with E-state index in [1.54, 1.807) is 17.4 Å². The van der Waals surface area contributed by atoms with Gasteiger partial charge in [0.2, 0.25) is 0 Å². The van der Waals surface area contributed by atoms with E-state index in [0.717, 1.165) is 22.8 Å². The van der Waals surface area contributed by atoms with E-state index in [9.17, 15) is 4.39 Å². The molecule has 0 aliphatic carbocycles. The molecule has 0 radical (unpaired) electrons. The molecule has 2 rings (SSSR count). The van der Waals surface area contributed by atoms with Gasteiger partial charge in [-0.3, -0.25) is 0 Å². The van der Waals surface area contributed by atoms with Crippen molar-refractivity contribution < 1.29 is 4.39 Å². The number of rotatable bonds is 5. The first kappa shape index (κ1) is 13.0. The van der Waals surface area contributed by atoms with Crippen LogP contribution in [0.4, 0.5) is 4.39 Å². The van der Waals surface area contributed by atoms with Gasteiger partial charge in [-0.25, -0.2) is 4.39 Å². The van der Waals surface area contributed by atoms with Crippen LogP contribution in [0.3, 0.4) is 0 Å². The van der Waals surface area contributed by atoms with Gasteiger partial charge in [0.1, 0.15) is 5.82 Å². The number of hydrogen-bond acceptors (Lipinski definition) is 2. The Morgan fingerprint density at radius 1 is 1.22 bits per heavy atom. The largest absolute Gasteiger partial charge is 0.314 e. The van der Waals surface area contributed by atoms with Crippen molar-refractivity contribution in [3.05, 3.63) is 53.2 Å². The van der Waals surface area contributed by atoms with E-state index in [1.807, 2.05) is 24.3 Å². The van der Waals surface area contributed by atoms with Gasteiger partial charge in [-0.2, -0.15) is 0 Å². The van der Waals surface area contributed by atoms with Gasteiger partial charge in [-0.05, 0) is 30.8 Å². The first-order valence-corrected chi connectivity index (χ1v) is 6.85. The minimum Gasteiger partial charge on any atom is -0.314 e. The molecule has 1 N–H and O–H groups in total. The van der Waals surface area contributed by atoms with Crippen molar-refractivity contribution in [3.63, 3.8) is 0 Å². The summed E-state index contributed by atoms with van der Waals surface area (Å²) in [7, 11) is 0. The fraction of sp³-hybridized carbons (Fsp3) is 0.200. The van der Waals surface area contributed by atoms with Gasteiger partial charge in [0.25, 0.3) is 0 Å². The molecule has 0 bridgehead atoms. The predicted octanol–water partition coefficient (Wildman–Crippen LogP) is 4.18. The Labute approximate surface area is 111 Å². The van der Waals surface area contributed by atoms with Crippen molar-refractivity contribution in [2.24, 2.45) is 0 Å². The number of halogens is 1. The van der Waals surface area contributed by atoms with E-state index in [2.05, 4.69) is 24.4 Å². The molecule has 0 aliphatic rings. The maximum absolute atomic E-state index is 13.6. The highest BCUT2D eigenvalue weighted by atomic mass is 32.1. The SMILES string of the molecule is CCNCC=Cc1ccc(-c2ccccc2F)s1. The standard InChI is InChI=1S/C15H16FNS/c1-2-17-11-5-6-12-9-10-15(18-12)13-7-3-4-8-14(13)16/h3-10,17H,2,11H2,1H3. The lowest BCUT2D eigenvalue weighted by atomic mass is 10.2. The maximum Gasteiger partial charge on any atom is 0.131 e. The Morgan fingerprint density at radius 3 is 2.83 bits per heavy atom. The van der Waals surface area contributed by atoms with E-state index in [4.69, 9.17) is 0 Å². The van der Waals surface area contributed by atoms with Gasteiger partial charge >= 0.3 is 0 Å².